The van der Waals surface area contributed by atoms with Gasteiger partial charge in [0.15, 0.2) is 5.76 Å². The Labute approximate surface area is 132 Å². The first-order valence-corrected chi connectivity index (χ1v) is 7.30. The summed E-state index contributed by atoms with van der Waals surface area (Å²) >= 11 is 5.59. The predicted octanol–water partition coefficient (Wildman–Crippen LogP) is 3.41. The summed E-state index contributed by atoms with van der Waals surface area (Å²) in [6, 6.07) is 5.82. The third kappa shape index (κ3) is 3.67. The van der Waals surface area contributed by atoms with Crippen molar-refractivity contribution in [2.45, 2.75) is 26.4 Å². The fourth-order valence-electron chi connectivity index (χ4n) is 2.05. The van der Waals surface area contributed by atoms with Gasteiger partial charge in [0, 0.05) is 18.5 Å². The molecule has 0 radical (unpaired) electrons. The number of carbonyl (C=O) groups is 1. The number of furan rings is 1. The van der Waals surface area contributed by atoms with Gasteiger partial charge in [0.05, 0.1) is 11.1 Å². The Morgan fingerprint density at radius 1 is 1.45 bits per heavy atom. The maximum atomic E-state index is 13.4. The van der Waals surface area contributed by atoms with Crippen molar-refractivity contribution in [3.8, 4) is 0 Å². The highest BCUT2D eigenvalue weighted by molar-refractivity contribution is 6.30. The number of carbonyl (C=O) groups excluding carboxylic acids is 1. The molecule has 2 aromatic rings. The summed E-state index contributed by atoms with van der Waals surface area (Å²) in [5.41, 5.74) is 1.08. The fourth-order valence-corrected chi connectivity index (χ4v) is 2.17. The monoisotopic (exact) mass is 325 g/mol. The topological polar surface area (TPSA) is 62.5 Å². The number of halogens is 2. The SMILES string of the molecule is CCc1cc(C)c(C(=O)NCC(O)c2ccc(Cl)c(F)c2)o1. The Bertz CT molecular complexity index is 684. The lowest BCUT2D eigenvalue weighted by Gasteiger charge is -2.12. The van der Waals surface area contributed by atoms with E-state index in [4.69, 9.17) is 16.0 Å². The summed E-state index contributed by atoms with van der Waals surface area (Å²) in [7, 11) is 0. The number of rotatable bonds is 5. The van der Waals surface area contributed by atoms with Crippen LogP contribution in [0.25, 0.3) is 0 Å². The molecule has 1 heterocycles. The van der Waals surface area contributed by atoms with Gasteiger partial charge < -0.3 is 14.8 Å². The molecule has 0 aliphatic heterocycles. The molecular weight excluding hydrogens is 309 g/mol. The van der Waals surface area contributed by atoms with Crippen LogP contribution in [0.2, 0.25) is 5.02 Å². The summed E-state index contributed by atoms with van der Waals surface area (Å²) in [5.74, 6) is -0.0704. The average molecular weight is 326 g/mol. The lowest BCUT2D eigenvalue weighted by Crippen LogP contribution is -2.28. The Morgan fingerprint density at radius 3 is 2.77 bits per heavy atom. The van der Waals surface area contributed by atoms with Crippen molar-refractivity contribution >= 4 is 17.5 Å². The number of amides is 1. The predicted molar refractivity (Wildman–Crippen MR) is 81.5 cm³/mol. The van der Waals surface area contributed by atoms with E-state index in [1.807, 2.05) is 6.92 Å². The minimum atomic E-state index is -1.03. The first-order chi connectivity index (χ1) is 10.4. The van der Waals surface area contributed by atoms with Gasteiger partial charge in [-0.1, -0.05) is 24.6 Å². The summed E-state index contributed by atoms with van der Waals surface area (Å²) in [4.78, 5) is 12.0. The molecule has 0 aliphatic carbocycles. The van der Waals surface area contributed by atoms with E-state index < -0.39 is 17.8 Å². The Morgan fingerprint density at radius 2 is 2.18 bits per heavy atom. The Balaban J connectivity index is 2.00. The molecule has 2 N–H and O–H groups in total. The molecule has 1 aromatic carbocycles. The molecule has 22 heavy (non-hydrogen) atoms. The van der Waals surface area contributed by atoms with Crippen LogP contribution in [0, 0.1) is 12.7 Å². The summed E-state index contributed by atoms with van der Waals surface area (Å²) in [5, 5.41) is 12.6. The molecule has 1 amide bonds. The van der Waals surface area contributed by atoms with E-state index in [0.717, 1.165) is 17.4 Å². The number of hydrogen-bond donors (Lipinski definition) is 2. The number of aliphatic hydroxyl groups is 1. The van der Waals surface area contributed by atoms with E-state index in [-0.39, 0.29) is 17.3 Å². The van der Waals surface area contributed by atoms with Gasteiger partial charge in [-0.15, -0.1) is 0 Å². The summed E-state index contributed by atoms with van der Waals surface area (Å²) in [6.45, 7) is 3.66. The standard InChI is InChI=1S/C16H17ClFNO3/c1-3-11-6-9(2)15(22-11)16(21)19-8-14(20)10-4-5-12(17)13(18)7-10/h4-7,14,20H,3,8H2,1-2H3,(H,19,21). The minimum absolute atomic E-state index is 0.0155. The molecule has 118 valence electrons. The number of aliphatic hydroxyl groups excluding tert-OH is 1. The molecule has 0 fully saturated rings. The van der Waals surface area contributed by atoms with Gasteiger partial charge in [-0.05, 0) is 30.7 Å². The van der Waals surface area contributed by atoms with Gasteiger partial charge in [-0.3, -0.25) is 4.79 Å². The molecule has 1 aromatic heterocycles. The molecule has 6 heteroatoms. The number of nitrogens with one attached hydrogen (secondary N) is 1. The quantitative estimate of drug-likeness (QED) is 0.885. The first-order valence-electron chi connectivity index (χ1n) is 6.93. The third-order valence-corrected chi connectivity index (χ3v) is 3.61. The van der Waals surface area contributed by atoms with Crippen LogP contribution in [0.4, 0.5) is 4.39 Å². The largest absolute Gasteiger partial charge is 0.456 e. The zero-order valence-corrected chi connectivity index (χ0v) is 13.1. The van der Waals surface area contributed by atoms with Crippen LogP contribution in [-0.2, 0) is 6.42 Å². The van der Waals surface area contributed by atoms with Crippen LogP contribution < -0.4 is 5.32 Å². The van der Waals surface area contributed by atoms with Gasteiger partial charge in [-0.2, -0.15) is 0 Å². The van der Waals surface area contributed by atoms with E-state index in [1.165, 1.54) is 12.1 Å². The fraction of sp³-hybridized carbons (Fsp3) is 0.312. The second-order valence-electron chi connectivity index (χ2n) is 4.98. The van der Waals surface area contributed by atoms with Gasteiger partial charge in [0.1, 0.15) is 11.6 Å². The van der Waals surface area contributed by atoms with Crippen molar-refractivity contribution in [1.82, 2.24) is 5.32 Å². The molecule has 1 unspecified atom stereocenters. The van der Waals surface area contributed by atoms with Gasteiger partial charge in [0.25, 0.3) is 5.91 Å². The van der Waals surface area contributed by atoms with Gasteiger partial charge in [0.2, 0.25) is 0 Å². The maximum absolute atomic E-state index is 13.4. The van der Waals surface area contributed by atoms with E-state index in [1.54, 1.807) is 13.0 Å². The van der Waals surface area contributed by atoms with Gasteiger partial charge >= 0.3 is 0 Å². The van der Waals surface area contributed by atoms with Crippen LogP contribution in [-0.4, -0.2) is 17.6 Å². The van der Waals surface area contributed by atoms with Crippen molar-refractivity contribution in [1.29, 1.82) is 0 Å². The van der Waals surface area contributed by atoms with Crippen molar-refractivity contribution < 1.29 is 18.7 Å². The average Bonchev–Trinajstić information content (AvgIpc) is 2.88. The molecule has 0 saturated heterocycles. The number of benzene rings is 1. The summed E-state index contributed by atoms with van der Waals surface area (Å²) < 4.78 is 18.8. The van der Waals surface area contributed by atoms with Crippen LogP contribution in [0.1, 0.15) is 40.5 Å². The van der Waals surface area contributed by atoms with E-state index in [2.05, 4.69) is 5.32 Å². The van der Waals surface area contributed by atoms with Crippen LogP contribution in [0.5, 0.6) is 0 Å². The van der Waals surface area contributed by atoms with Crippen LogP contribution in [0.3, 0.4) is 0 Å². The van der Waals surface area contributed by atoms with Crippen molar-refractivity contribution in [3.05, 3.63) is 57.8 Å². The number of hydrogen-bond acceptors (Lipinski definition) is 3. The maximum Gasteiger partial charge on any atom is 0.287 e. The molecule has 0 bridgehead atoms. The highest BCUT2D eigenvalue weighted by atomic mass is 35.5. The van der Waals surface area contributed by atoms with Crippen molar-refractivity contribution in [2.75, 3.05) is 6.54 Å². The van der Waals surface area contributed by atoms with Crippen LogP contribution >= 0.6 is 11.6 Å². The molecule has 2 rings (SSSR count). The zero-order chi connectivity index (χ0) is 16.3. The van der Waals surface area contributed by atoms with E-state index in [9.17, 15) is 14.3 Å². The lowest BCUT2D eigenvalue weighted by molar-refractivity contribution is 0.0886. The Hall–Kier alpha value is -1.85. The lowest BCUT2D eigenvalue weighted by atomic mass is 10.1. The first kappa shape index (κ1) is 16.5. The highest BCUT2D eigenvalue weighted by Crippen LogP contribution is 2.20. The molecule has 0 spiro atoms. The zero-order valence-electron chi connectivity index (χ0n) is 12.3. The molecule has 0 aliphatic rings. The van der Waals surface area contributed by atoms with E-state index >= 15 is 0 Å². The molecule has 1 atom stereocenters. The van der Waals surface area contributed by atoms with Crippen molar-refractivity contribution in [3.63, 3.8) is 0 Å². The second-order valence-corrected chi connectivity index (χ2v) is 5.38. The van der Waals surface area contributed by atoms with Gasteiger partial charge in [-0.25, -0.2) is 4.39 Å². The highest BCUT2D eigenvalue weighted by Gasteiger charge is 2.17. The molecule has 0 saturated carbocycles. The summed E-state index contributed by atoms with van der Waals surface area (Å²) in [6.07, 6.45) is -0.336. The normalized spacial score (nSPS) is 12.2. The third-order valence-electron chi connectivity index (χ3n) is 3.31. The molecule has 4 nitrogen and oxygen atoms in total. The van der Waals surface area contributed by atoms with Crippen molar-refractivity contribution in [2.24, 2.45) is 0 Å². The van der Waals surface area contributed by atoms with E-state index in [0.29, 0.717) is 12.0 Å². The number of aryl methyl sites for hydroxylation is 2. The second kappa shape index (κ2) is 6.94. The molecular formula is C16H17ClFNO3. The smallest absolute Gasteiger partial charge is 0.287 e. The minimum Gasteiger partial charge on any atom is -0.456 e. The Kier molecular flexibility index (Phi) is 5.21. The van der Waals surface area contributed by atoms with Crippen LogP contribution in [0.15, 0.2) is 28.7 Å².